The maximum absolute atomic E-state index is 12.7. The number of thioether (sulfide) groups is 1. The molecule has 1 N–H and O–H groups in total. The number of amides is 3. The van der Waals surface area contributed by atoms with Gasteiger partial charge in [0.05, 0.1) is 28.8 Å². The van der Waals surface area contributed by atoms with Crippen molar-refractivity contribution in [2.75, 3.05) is 25.6 Å². The molecule has 156 valence electrons. The van der Waals surface area contributed by atoms with Gasteiger partial charge in [0.15, 0.2) is 0 Å². The van der Waals surface area contributed by atoms with E-state index in [2.05, 4.69) is 21.2 Å². The van der Waals surface area contributed by atoms with Crippen LogP contribution in [0.4, 0.5) is 10.5 Å². The standard InChI is InChI=1S/C21H19BrN2O5S/c1-3-29-16-9-8-13(10-14(16)22)11-18-20(26)24(21(27)30-18)12-19(25)23-15-6-4-5-7-17(15)28-2/h4-11H,3,12H2,1-2H3,(H,23,25)/b18-11-. The Morgan fingerprint density at radius 3 is 2.67 bits per heavy atom. The van der Waals surface area contributed by atoms with Gasteiger partial charge in [0, 0.05) is 0 Å². The highest BCUT2D eigenvalue weighted by atomic mass is 79.9. The van der Waals surface area contributed by atoms with Crippen LogP contribution in [-0.2, 0) is 9.59 Å². The fourth-order valence-electron chi connectivity index (χ4n) is 2.75. The van der Waals surface area contributed by atoms with E-state index < -0.39 is 17.1 Å². The largest absolute Gasteiger partial charge is 0.495 e. The van der Waals surface area contributed by atoms with Gasteiger partial charge in [0.25, 0.3) is 11.1 Å². The summed E-state index contributed by atoms with van der Waals surface area (Å²) in [6, 6.07) is 12.3. The topological polar surface area (TPSA) is 84.9 Å². The molecule has 1 aliphatic heterocycles. The zero-order valence-electron chi connectivity index (χ0n) is 16.3. The molecule has 2 aromatic rings. The van der Waals surface area contributed by atoms with Crippen LogP contribution >= 0.6 is 27.7 Å². The summed E-state index contributed by atoms with van der Waals surface area (Å²) in [4.78, 5) is 38.5. The molecule has 0 atom stereocenters. The molecule has 0 radical (unpaired) electrons. The van der Waals surface area contributed by atoms with Gasteiger partial charge in [0.1, 0.15) is 18.0 Å². The average Bonchev–Trinajstić information content (AvgIpc) is 2.98. The van der Waals surface area contributed by atoms with Crippen LogP contribution in [-0.4, -0.2) is 42.2 Å². The summed E-state index contributed by atoms with van der Waals surface area (Å²) in [7, 11) is 1.49. The molecule has 30 heavy (non-hydrogen) atoms. The van der Waals surface area contributed by atoms with Crippen LogP contribution in [0.1, 0.15) is 12.5 Å². The Labute approximate surface area is 186 Å². The third-order valence-electron chi connectivity index (χ3n) is 4.11. The number of carbonyl (C=O) groups is 3. The summed E-state index contributed by atoms with van der Waals surface area (Å²) in [6.07, 6.45) is 1.61. The van der Waals surface area contributed by atoms with E-state index in [4.69, 9.17) is 9.47 Å². The number of benzene rings is 2. The quantitative estimate of drug-likeness (QED) is 0.573. The third-order valence-corrected chi connectivity index (χ3v) is 5.64. The zero-order valence-corrected chi connectivity index (χ0v) is 18.7. The van der Waals surface area contributed by atoms with Gasteiger partial charge >= 0.3 is 0 Å². The lowest BCUT2D eigenvalue weighted by molar-refractivity contribution is -0.127. The van der Waals surface area contributed by atoms with Gasteiger partial charge in [-0.3, -0.25) is 19.3 Å². The summed E-state index contributed by atoms with van der Waals surface area (Å²) in [5.74, 6) is 0.175. The number of anilines is 1. The fraction of sp³-hybridized carbons (Fsp3) is 0.190. The molecule has 0 unspecified atom stereocenters. The number of rotatable bonds is 7. The number of nitrogens with one attached hydrogen (secondary N) is 1. The summed E-state index contributed by atoms with van der Waals surface area (Å²) < 4.78 is 11.4. The van der Waals surface area contributed by atoms with Crippen molar-refractivity contribution >= 4 is 56.5 Å². The van der Waals surface area contributed by atoms with Crippen LogP contribution < -0.4 is 14.8 Å². The van der Waals surface area contributed by atoms with E-state index in [-0.39, 0.29) is 11.4 Å². The summed E-state index contributed by atoms with van der Waals surface area (Å²) in [5.41, 5.74) is 1.20. The molecule has 1 saturated heterocycles. The fourth-order valence-corrected chi connectivity index (χ4v) is 4.10. The Kier molecular flexibility index (Phi) is 7.17. The van der Waals surface area contributed by atoms with Crippen molar-refractivity contribution in [2.45, 2.75) is 6.92 Å². The van der Waals surface area contributed by atoms with Crippen molar-refractivity contribution in [3.63, 3.8) is 0 Å². The van der Waals surface area contributed by atoms with E-state index in [1.807, 2.05) is 6.92 Å². The average molecular weight is 491 g/mol. The van der Waals surface area contributed by atoms with Gasteiger partial charge in [-0.25, -0.2) is 0 Å². The molecule has 0 bridgehead atoms. The third kappa shape index (κ3) is 5.03. The summed E-state index contributed by atoms with van der Waals surface area (Å²) in [6.45, 7) is 2.04. The van der Waals surface area contributed by atoms with Gasteiger partial charge in [0.2, 0.25) is 5.91 Å². The van der Waals surface area contributed by atoms with Crippen LogP contribution in [0.2, 0.25) is 0 Å². The first-order valence-corrected chi connectivity index (χ1v) is 10.6. The van der Waals surface area contributed by atoms with E-state index in [0.717, 1.165) is 26.7 Å². The highest BCUT2D eigenvalue weighted by Crippen LogP contribution is 2.34. The predicted octanol–water partition coefficient (Wildman–Crippen LogP) is 4.53. The second-order valence-electron chi connectivity index (χ2n) is 6.14. The molecule has 1 fully saturated rings. The highest BCUT2D eigenvalue weighted by Gasteiger charge is 2.36. The molecule has 2 aromatic carbocycles. The summed E-state index contributed by atoms with van der Waals surface area (Å²) >= 11 is 4.23. The lowest BCUT2D eigenvalue weighted by Gasteiger charge is -2.14. The first kappa shape index (κ1) is 21.9. The number of methoxy groups -OCH3 is 1. The van der Waals surface area contributed by atoms with Gasteiger partial charge in [-0.05, 0) is 70.5 Å². The molecule has 0 spiro atoms. The molecule has 0 aromatic heterocycles. The van der Waals surface area contributed by atoms with E-state index in [1.54, 1.807) is 48.5 Å². The van der Waals surface area contributed by atoms with Crippen LogP contribution in [0, 0.1) is 0 Å². The first-order valence-electron chi connectivity index (χ1n) is 9.03. The Morgan fingerprint density at radius 2 is 1.97 bits per heavy atom. The number of carbonyl (C=O) groups excluding carboxylic acids is 3. The smallest absolute Gasteiger partial charge is 0.294 e. The predicted molar refractivity (Wildman–Crippen MR) is 120 cm³/mol. The normalized spacial score (nSPS) is 14.9. The molecule has 7 nitrogen and oxygen atoms in total. The minimum absolute atomic E-state index is 0.251. The number of para-hydroxylation sites is 2. The second-order valence-corrected chi connectivity index (χ2v) is 7.99. The SMILES string of the molecule is CCOc1ccc(/C=C2\SC(=O)N(CC(=O)Nc3ccccc3OC)C2=O)cc1Br. The molecule has 3 rings (SSSR count). The Balaban J connectivity index is 1.70. The van der Waals surface area contributed by atoms with Gasteiger partial charge in [-0.15, -0.1) is 0 Å². The van der Waals surface area contributed by atoms with Crippen molar-refractivity contribution < 1.29 is 23.9 Å². The van der Waals surface area contributed by atoms with Crippen molar-refractivity contribution in [3.8, 4) is 11.5 Å². The maximum Gasteiger partial charge on any atom is 0.294 e. The van der Waals surface area contributed by atoms with Gasteiger partial charge < -0.3 is 14.8 Å². The number of hydrogen-bond donors (Lipinski definition) is 1. The molecule has 1 aliphatic rings. The Morgan fingerprint density at radius 1 is 1.20 bits per heavy atom. The van der Waals surface area contributed by atoms with Crippen molar-refractivity contribution in [2.24, 2.45) is 0 Å². The van der Waals surface area contributed by atoms with Crippen molar-refractivity contribution in [1.29, 1.82) is 0 Å². The molecule has 9 heteroatoms. The van der Waals surface area contributed by atoms with Crippen LogP contribution in [0.3, 0.4) is 0 Å². The molecular formula is C21H19BrN2O5S. The second kappa shape index (κ2) is 9.82. The number of hydrogen-bond acceptors (Lipinski definition) is 6. The summed E-state index contributed by atoms with van der Waals surface area (Å²) in [5, 5.41) is 2.17. The van der Waals surface area contributed by atoms with E-state index in [1.165, 1.54) is 7.11 Å². The van der Waals surface area contributed by atoms with E-state index in [0.29, 0.717) is 23.8 Å². The molecular weight excluding hydrogens is 472 g/mol. The van der Waals surface area contributed by atoms with Crippen molar-refractivity contribution in [1.82, 2.24) is 4.90 Å². The minimum Gasteiger partial charge on any atom is -0.495 e. The number of imide groups is 1. The van der Waals surface area contributed by atoms with Crippen LogP contribution in [0.25, 0.3) is 6.08 Å². The number of nitrogens with zero attached hydrogens (tertiary/aromatic N) is 1. The maximum atomic E-state index is 12.7. The van der Waals surface area contributed by atoms with E-state index >= 15 is 0 Å². The Bertz CT molecular complexity index is 1020. The van der Waals surface area contributed by atoms with Crippen molar-refractivity contribution in [3.05, 3.63) is 57.4 Å². The molecule has 0 saturated carbocycles. The lowest BCUT2D eigenvalue weighted by Crippen LogP contribution is -2.36. The van der Waals surface area contributed by atoms with E-state index in [9.17, 15) is 14.4 Å². The molecule has 0 aliphatic carbocycles. The first-order chi connectivity index (χ1) is 14.4. The molecule has 3 amide bonds. The number of ether oxygens (including phenoxy) is 2. The minimum atomic E-state index is -0.509. The zero-order chi connectivity index (χ0) is 21.7. The van der Waals surface area contributed by atoms with Crippen LogP contribution in [0.15, 0.2) is 51.8 Å². The monoisotopic (exact) mass is 490 g/mol. The highest BCUT2D eigenvalue weighted by molar-refractivity contribution is 9.10. The lowest BCUT2D eigenvalue weighted by atomic mass is 10.2. The molecule has 1 heterocycles. The van der Waals surface area contributed by atoms with Gasteiger partial charge in [-0.2, -0.15) is 0 Å². The van der Waals surface area contributed by atoms with Crippen LogP contribution in [0.5, 0.6) is 11.5 Å². The Hall–Kier alpha value is -2.78. The van der Waals surface area contributed by atoms with Gasteiger partial charge in [-0.1, -0.05) is 18.2 Å². The number of halogens is 1.